The molecule has 0 aliphatic carbocycles. The second kappa shape index (κ2) is 6.91. The lowest BCUT2D eigenvalue weighted by Gasteiger charge is -2.05. The molecule has 0 saturated carbocycles. The number of benzene rings is 2. The van der Waals surface area contributed by atoms with Gasteiger partial charge in [0.25, 0.3) is 11.6 Å². The fraction of sp³-hybridized carbons (Fsp3) is 0.0526. The maximum absolute atomic E-state index is 12.5. The summed E-state index contributed by atoms with van der Waals surface area (Å²) < 4.78 is 5.60. The van der Waals surface area contributed by atoms with Gasteiger partial charge >= 0.3 is 0 Å². The third-order valence-corrected chi connectivity index (χ3v) is 3.80. The van der Waals surface area contributed by atoms with Crippen LogP contribution in [-0.2, 0) is 0 Å². The number of hydrogen-bond donors (Lipinski definition) is 1. The minimum absolute atomic E-state index is 0.0643. The first-order valence-corrected chi connectivity index (χ1v) is 7.65. The summed E-state index contributed by atoms with van der Waals surface area (Å²) in [7, 11) is 0. The van der Waals surface area contributed by atoms with Gasteiger partial charge in [0.1, 0.15) is 17.6 Å². The van der Waals surface area contributed by atoms with E-state index in [-0.39, 0.29) is 5.69 Å². The molecule has 1 heterocycles. The average molecular weight is 347 g/mol. The van der Waals surface area contributed by atoms with E-state index in [1.165, 1.54) is 18.2 Å². The van der Waals surface area contributed by atoms with Crippen LogP contribution in [0.2, 0.25) is 0 Å². The molecule has 128 valence electrons. The SMILES string of the molecule is Cc1oc(-c2cccc([N+](=O)[O-])c2)cc1C(=O)Nc1ccccc1C#N. The largest absolute Gasteiger partial charge is 0.461 e. The highest BCUT2D eigenvalue weighted by molar-refractivity contribution is 6.06. The van der Waals surface area contributed by atoms with Crippen LogP contribution < -0.4 is 5.32 Å². The topological polar surface area (TPSA) is 109 Å². The van der Waals surface area contributed by atoms with Crippen LogP contribution in [0.5, 0.6) is 0 Å². The number of para-hydroxylation sites is 1. The molecule has 7 heteroatoms. The van der Waals surface area contributed by atoms with Crippen molar-refractivity contribution >= 4 is 17.3 Å². The molecule has 0 aliphatic rings. The van der Waals surface area contributed by atoms with Crippen LogP contribution >= 0.6 is 0 Å². The third kappa shape index (κ3) is 3.30. The minimum atomic E-state index is -0.494. The summed E-state index contributed by atoms with van der Waals surface area (Å²) >= 11 is 0. The first-order valence-electron chi connectivity index (χ1n) is 7.65. The lowest BCUT2D eigenvalue weighted by molar-refractivity contribution is -0.384. The van der Waals surface area contributed by atoms with Crippen LogP contribution in [0.4, 0.5) is 11.4 Å². The molecule has 1 amide bonds. The predicted molar refractivity (Wildman–Crippen MR) is 94.6 cm³/mol. The molecule has 26 heavy (non-hydrogen) atoms. The minimum Gasteiger partial charge on any atom is -0.461 e. The van der Waals surface area contributed by atoms with Crippen LogP contribution in [0.1, 0.15) is 21.7 Å². The number of carbonyl (C=O) groups excluding carboxylic acids is 1. The molecule has 0 fully saturated rings. The second-order valence-corrected chi connectivity index (χ2v) is 5.50. The molecule has 1 aromatic heterocycles. The van der Waals surface area contributed by atoms with E-state index < -0.39 is 10.8 Å². The lowest BCUT2D eigenvalue weighted by atomic mass is 10.1. The van der Waals surface area contributed by atoms with Gasteiger partial charge in [0.05, 0.1) is 21.7 Å². The van der Waals surface area contributed by atoms with Crippen molar-refractivity contribution in [1.29, 1.82) is 5.26 Å². The number of nitrogens with zero attached hydrogens (tertiary/aromatic N) is 2. The number of nitrogens with one attached hydrogen (secondary N) is 1. The van der Waals surface area contributed by atoms with Crippen molar-refractivity contribution in [2.75, 3.05) is 5.32 Å². The summed E-state index contributed by atoms with van der Waals surface area (Å²) in [5.74, 6) is 0.300. The van der Waals surface area contributed by atoms with Crippen molar-refractivity contribution in [3.63, 3.8) is 0 Å². The number of rotatable bonds is 4. The van der Waals surface area contributed by atoms with E-state index in [2.05, 4.69) is 5.32 Å². The fourth-order valence-electron chi connectivity index (χ4n) is 2.50. The zero-order chi connectivity index (χ0) is 18.7. The van der Waals surface area contributed by atoms with Crippen LogP contribution in [-0.4, -0.2) is 10.8 Å². The molecule has 0 saturated heterocycles. The van der Waals surface area contributed by atoms with E-state index in [1.807, 2.05) is 6.07 Å². The monoisotopic (exact) mass is 347 g/mol. The van der Waals surface area contributed by atoms with Gasteiger partial charge in [-0.15, -0.1) is 0 Å². The average Bonchev–Trinajstić information content (AvgIpc) is 3.04. The third-order valence-electron chi connectivity index (χ3n) is 3.80. The molecule has 0 atom stereocenters. The van der Waals surface area contributed by atoms with Crippen molar-refractivity contribution in [1.82, 2.24) is 0 Å². The van der Waals surface area contributed by atoms with E-state index in [1.54, 1.807) is 43.3 Å². The van der Waals surface area contributed by atoms with Gasteiger partial charge in [-0.3, -0.25) is 14.9 Å². The van der Waals surface area contributed by atoms with E-state index in [9.17, 15) is 14.9 Å². The number of carbonyl (C=O) groups is 1. The first-order chi connectivity index (χ1) is 12.5. The Morgan fingerprint density at radius 1 is 1.19 bits per heavy atom. The molecular weight excluding hydrogens is 334 g/mol. The Labute approximate surface area is 148 Å². The molecule has 7 nitrogen and oxygen atoms in total. The summed E-state index contributed by atoms with van der Waals surface area (Å²) in [6.07, 6.45) is 0. The van der Waals surface area contributed by atoms with Crippen LogP contribution in [0.3, 0.4) is 0 Å². The number of nitro groups is 1. The van der Waals surface area contributed by atoms with Gasteiger partial charge in [-0.25, -0.2) is 0 Å². The molecule has 3 aromatic rings. The van der Waals surface area contributed by atoms with Crippen molar-refractivity contribution in [2.24, 2.45) is 0 Å². The summed E-state index contributed by atoms with van der Waals surface area (Å²) in [5, 5.41) is 22.7. The molecular formula is C19H13N3O4. The van der Waals surface area contributed by atoms with Gasteiger partial charge in [0, 0.05) is 17.7 Å². The second-order valence-electron chi connectivity index (χ2n) is 5.50. The summed E-state index contributed by atoms with van der Waals surface area (Å²) in [4.78, 5) is 23.0. The number of amides is 1. The van der Waals surface area contributed by atoms with E-state index in [0.29, 0.717) is 33.9 Å². The zero-order valence-electron chi connectivity index (χ0n) is 13.7. The van der Waals surface area contributed by atoms with E-state index in [4.69, 9.17) is 9.68 Å². The predicted octanol–water partition coefficient (Wildman–Crippen LogP) is 4.29. The number of aryl methyl sites for hydroxylation is 1. The molecule has 1 N–H and O–H groups in total. The van der Waals surface area contributed by atoms with Crippen molar-refractivity contribution < 1.29 is 14.1 Å². The summed E-state index contributed by atoms with van der Waals surface area (Å²) in [6.45, 7) is 1.63. The molecule has 3 rings (SSSR count). The fourth-order valence-corrected chi connectivity index (χ4v) is 2.50. The highest BCUT2D eigenvalue weighted by Gasteiger charge is 2.18. The van der Waals surface area contributed by atoms with Gasteiger partial charge in [-0.1, -0.05) is 24.3 Å². The number of non-ortho nitro benzene ring substituents is 1. The van der Waals surface area contributed by atoms with Crippen molar-refractivity contribution in [2.45, 2.75) is 6.92 Å². The molecule has 0 bridgehead atoms. The quantitative estimate of drug-likeness (QED) is 0.559. The number of furan rings is 1. The van der Waals surface area contributed by atoms with Crippen LogP contribution in [0.25, 0.3) is 11.3 Å². The van der Waals surface area contributed by atoms with E-state index >= 15 is 0 Å². The molecule has 2 aromatic carbocycles. The molecule has 0 unspecified atom stereocenters. The highest BCUT2D eigenvalue weighted by atomic mass is 16.6. The van der Waals surface area contributed by atoms with Gasteiger partial charge in [-0.05, 0) is 25.1 Å². The normalized spacial score (nSPS) is 10.2. The van der Waals surface area contributed by atoms with Crippen LogP contribution in [0, 0.1) is 28.4 Å². The number of nitriles is 1. The van der Waals surface area contributed by atoms with Crippen LogP contribution in [0.15, 0.2) is 59.0 Å². The Balaban J connectivity index is 1.91. The highest BCUT2D eigenvalue weighted by Crippen LogP contribution is 2.28. The Bertz CT molecular complexity index is 1050. The Hall–Kier alpha value is -3.92. The van der Waals surface area contributed by atoms with Crippen molar-refractivity contribution in [3.05, 3.63) is 81.6 Å². The van der Waals surface area contributed by atoms with Gasteiger partial charge in [0.15, 0.2) is 0 Å². The van der Waals surface area contributed by atoms with E-state index in [0.717, 1.165) is 0 Å². The smallest absolute Gasteiger partial charge is 0.270 e. The van der Waals surface area contributed by atoms with Gasteiger partial charge in [0.2, 0.25) is 0 Å². The standard InChI is InChI=1S/C19H13N3O4/c1-12-16(19(23)21-17-8-3-2-5-14(17)11-20)10-18(26-12)13-6-4-7-15(9-13)22(24)25/h2-10H,1H3,(H,21,23). The van der Waals surface area contributed by atoms with Gasteiger partial charge in [-0.2, -0.15) is 5.26 Å². The zero-order valence-corrected chi connectivity index (χ0v) is 13.7. The summed E-state index contributed by atoms with van der Waals surface area (Å²) in [6, 6.07) is 16.2. The lowest BCUT2D eigenvalue weighted by Crippen LogP contribution is -2.13. The molecule has 0 aliphatic heterocycles. The molecule has 0 radical (unpaired) electrons. The maximum Gasteiger partial charge on any atom is 0.270 e. The van der Waals surface area contributed by atoms with Gasteiger partial charge < -0.3 is 9.73 Å². The summed E-state index contributed by atoms with van der Waals surface area (Å²) in [5.41, 5.74) is 1.47. The van der Waals surface area contributed by atoms with Crippen molar-refractivity contribution in [3.8, 4) is 17.4 Å². The number of anilines is 1. The Kier molecular flexibility index (Phi) is 4.50. The molecule has 0 spiro atoms. The number of hydrogen-bond acceptors (Lipinski definition) is 5. The number of nitro benzene ring substituents is 1. The first kappa shape index (κ1) is 16.9. The Morgan fingerprint density at radius 3 is 2.69 bits per heavy atom. The maximum atomic E-state index is 12.5. The Morgan fingerprint density at radius 2 is 1.96 bits per heavy atom.